The van der Waals surface area contributed by atoms with Crippen molar-refractivity contribution in [2.24, 2.45) is 5.10 Å². The number of para-hydroxylation sites is 1. The van der Waals surface area contributed by atoms with Crippen molar-refractivity contribution in [3.8, 4) is 22.9 Å². The van der Waals surface area contributed by atoms with Gasteiger partial charge in [0.25, 0.3) is 11.2 Å². The minimum atomic E-state index is -0.428. The van der Waals surface area contributed by atoms with Crippen molar-refractivity contribution >= 4 is 68.0 Å². The van der Waals surface area contributed by atoms with E-state index < -0.39 is 4.92 Å². The molecule has 1 heterocycles. The Morgan fingerprint density at radius 3 is 2.36 bits per heavy atom. The Balaban J connectivity index is 1.52. The fraction of sp³-hybridized carbons (Fsp3) is 0.182. The number of methoxy groups -OCH3 is 1. The average Bonchev–Trinajstić information content (AvgIpc) is 3.00. The normalized spacial score (nSPS) is 11.4. The number of fused-ring (bicyclic) bond motifs is 1. The summed E-state index contributed by atoms with van der Waals surface area (Å²) in [5, 5.41) is 16.1. The lowest BCUT2D eigenvalue weighted by Gasteiger charge is -2.17. The molecule has 44 heavy (non-hydrogen) atoms. The van der Waals surface area contributed by atoms with Crippen molar-refractivity contribution in [3.63, 3.8) is 0 Å². The second-order valence-corrected chi connectivity index (χ2v) is 12.7. The number of hydrogen-bond donors (Lipinski definition) is 0. The number of halogens is 2. The smallest absolute Gasteiger partial charge is 0.282 e. The van der Waals surface area contributed by atoms with E-state index in [4.69, 9.17) is 14.5 Å². The molecule has 4 aromatic carbocycles. The first-order chi connectivity index (χ1) is 21.1. The van der Waals surface area contributed by atoms with Crippen LogP contribution in [0, 0.1) is 24.2 Å². The number of rotatable bonds is 9. The summed E-state index contributed by atoms with van der Waals surface area (Å²) in [5.74, 6) is 2.12. The van der Waals surface area contributed by atoms with E-state index in [2.05, 4.69) is 64.1 Å². The van der Waals surface area contributed by atoms with Crippen molar-refractivity contribution in [2.75, 3.05) is 7.11 Å². The van der Waals surface area contributed by atoms with Gasteiger partial charge in [0.05, 0.1) is 36.3 Å². The summed E-state index contributed by atoms with van der Waals surface area (Å²) < 4.78 is 14.8. The summed E-state index contributed by atoms with van der Waals surface area (Å²) >= 11 is 4.41. The third-order valence-corrected chi connectivity index (χ3v) is 8.67. The number of non-ortho nitro benzene ring substituents is 1. The zero-order chi connectivity index (χ0) is 31.5. The second kappa shape index (κ2) is 13.4. The SMILES string of the molecule is COc1cc(C)c(-c2nc3ccccc3c(=O)n2N=Cc2cc(I)c(OCc3ccc([N+](=O)[O-])cc3)c(I)c2)cc1C(C)C. The van der Waals surface area contributed by atoms with E-state index in [-0.39, 0.29) is 23.8 Å². The molecule has 1 aromatic heterocycles. The third-order valence-electron chi connectivity index (χ3n) is 7.07. The Morgan fingerprint density at radius 2 is 1.73 bits per heavy atom. The molecule has 0 unspecified atom stereocenters. The van der Waals surface area contributed by atoms with Gasteiger partial charge < -0.3 is 9.47 Å². The molecule has 0 spiro atoms. The van der Waals surface area contributed by atoms with Gasteiger partial charge in [0.1, 0.15) is 18.1 Å². The van der Waals surface area contributed by atoms with Gasteiger partial charge in [0, 0.05) is 17.7 Å². The number of nitrogens with zero attached hydrogens (tertiary/aromatic N) is 4. The van der Waals surface area contributed by atoms with E-state index in [0.717, 1.165) is 40.7 Å². The molecule has 5 rings (SSSR count). The summed E-state index contributed by atoms with van der Waals surface area (Å²) in [6.07, 6.45) is 1.65. The van der Waals surface area contributed by atoms with E-state index in [1.807, 2.05) is 49.4 Å². The minimum absolute atomic E-state index is 0.0351. The molecule has 0 aliphatic heterocycles. The molecule has 0 fully saturated rings. The van der Waals surface area contributed by atoms with E-state index in [1.54, 1.807) is 31.5 Å². The van der Waals surface area contributed by atoms with Crippen LogP contribution in [0.25, 0.3) is 22.3 Å². The molecule has 224 valence electrons. The van der Waals surface area contributed by atoms with E-state index in [1.165, 1.54) is 16.8 Å². The van der Waals surface area contributed by atoms with Gasteiger partial charge in [-0.2, -0.15) is 9.78 Å². The number of aryl methyl sites for hydroxylation is 1. The minimum Gasteiger partial charge on any atom is -0.496 e. The Kier molecular flexibility index (Phi) is 9.63. The monoisotopic (exact) mass is 814 g/mol. The molecule has 0 atom stereocenters. The van der Waals surface area contributed by atoms with E-state index >= 15 is 0 Å². The maximum absolute atomic E-state index is 13.8. The summed E-state index contributed by atoms with van der Waals surface area (Å²) in [6, 6.07) is 21.4. The third kappa shape index (κ3) is 6.62. The molecular formula is C33H28I2N4O5. The lowest BCUT2D eigenvalue weighted by atomic mass is 9.96. The number of nitro groups is 1. The maximum Gasteiger partial charge on any atom is 0.282 e. The molecule has 0 aliphatic carbocycles. The first-order valence-electron chi connectivity index (χ1n) is 13.7. The van der Waals surface area contributed by atoms with Crippen LogP contribution in [0.5, 0.6) is 11.5 Å². The highest BCUT2D eigenvalue weighted by molar-refractivity contribution is 14.1. The molecule has 11 heteroatoms. The van der Waals surface area contributed by atoms with Gasteiger partial charge in [0.15, 0.2) is 5.82 Å². The maximum atomic E-state index is 13.8. The number of nitro benzene ring substituents is 1. The van der Waals surface area contributed by atoms with Gasteiger partial charge in [-0.1, -0.05) is 26.0 Å². The van der Waals surface area contributed by atoms with Crippen molar-refractivity contribution < 1.29 is 14.4 Å². The van der Waals surface area contributed by atoms with Crippen LogP contribution in [0.4, 0.5) is 5.69 Å². The molecule has 0 bridgehead atoms. The number of aromatic nitrogens is 2. The molecule has 5 aromatic rings. The van der Waals surface area contributed by atoms with Crippen molar-refractivity contribution in [1.29, 1.82) is 0 Å². The summed E-state index contributed by atoms with van der Waals surface area (Å²) in [5.41, 5.74) is 4.69. The van der Waals surface area contributed by atoms with Crippen LogP contribution < -0.4 is 15.0 Å². The lowest BCUT2D eigenvalue weighted by Crippen LogP contribution is -2.21. The van der Waals surface area contributed by atoms with E-state index in [9.17, 15) is 14.9 Å². The predicted octanol–water partition coefficient (Wildman–Crippen LogP) is 8.08. The van der Waals surface area contributed by atoms with Crippen molar-refractivity contribution in [2.45, 2.75) is 33.3 Å². The van der Waals surface area contributed by atoms with Crippen LogP contribution in [0.1, 0.15) is 42.0 Å². The summed E-state index contributed by atoms with van der Waals surface area (Å²) in [4.78, 5) is 29.2. The quantitative estimate of drug-likeness (QED) is 0.0645. The number of ether oxygens (including phenoxy) is 2. The molecule has 0 radical (unpaired) electrons. The van der Waals surface area contributed by atoms with Gasteiger partial charge in [-0.15, -0.1) is 0 Å². The standard InChI is InChI=1S/C33H28I2N4O5/c1-19(2)25-16-26(20(3)13-30(25)43-4)32-37-29-8-6-5-7-24(29)33(40)38(32)36-17-22-14-27(34)31(28(35)15-22)44-18-21-9-11-23(12-10-21)39(41)42/h5-17,19H,18H2,1-4H3. The first-order valence-corrected chi connectivity index (χ1v) is 15.8. The summed E-state index contributed by atoms with van der Waals surface area (Å²) in [6.45, 7) is 6.42. The van der Waals surface area contributed by atoms with Gasteiger partial charge in [-0.3, -0.25) is 14.9 Å². The topological polar surface area (TPSA) is 109 Å². The zero-order valence-corrected chi connectivity index (χ0v) is 28.7. The van der Waals surface area contributed by atoms with Crippen LogP contribution in [-0.2, 0) is 6.61 Å². The fourth-order valence-electron chi connectivity index (χ4n) is 4.76. The molecule has 0 amide bonds. The van der Waals surface area contributed by atoms with Crippen molar-refractivity contribution in [1.82, 2.24) is 9.66 Å². The molecule has 9 nitrogen and oxygen atoms in total. The van der Waals surface area contributed by atoms with Crippen LogP contribution in [0.2, 0.25) is 0 Å². The Hall–Kier alpha value is -3.85. The van der Waals surface area contributed by atoms with Crippen LogP contribution in [0.3, 0.4) is 0 Å². The highest BCUT2D eigenvalue weighted by Gasteiger charge is 2.18. The second-order valence-electron chi connectivity index (χ2n) is 10.4. The number of benzene rings is 4. The zero-order valence-electron chi connectivity index (χ0n) is 24.4. The Labute approximate surface area is 281 Å². The average molecular weight is 814 g/mol. The Bertz CT molecular complexity index is 1950. The molecule has 0 aliphatic rings. The van der Waals surface area contributed by atoms with Crippen LogP contribution in [0.15, 0.2) is 82.7 Å². The van der Waals surface area contributed by atoms with Crippen LogP contribution >= 0.6 is 45.2 Å². The lowest BCUT2D eigenvalue weighted by molar-refractivity contribution is -0.384. The van der Waals surface area contributed by atoms with Crippen molar-refractivity contribution in [3.05, 3.63) is 123 Å². The highest BCUT2D eigenvalue weighted by atomic mass is 127. The van der Waals surface area contributed by atoms with E-state index in [0.29, 0.717) is 22.5 Å². The molecule has 0 N–H and O–H groups in total. The first kappa shape index (κ1) is 31.6. The van der Waals surface area contributed by atoms with Gasteiger partial charge in [-0.05, 0) is 129 Å². The fourth-order valence-corrected chi connectivity index (χ4v) is 6.89. The van der Waals surface area contributed by atoms with Gasteiger partial charge in [-0.25, -0.2) is 4.98 Å². The van der Waals surface area contributed by atoms with Crippen LogP contribution in [-0.4, -0.2) is 27.9 Å². The van der Waals surface area contributed by atoms with Gasteiger partial charge in [0.2, 0.25) is 0 Å². The molecule has 0 saturated carbocycles. The molecule has 0 saturated heterocycles. The Morgan fingerprint density at radius 1 is 1.05 bits per heavy atom. The highest BCUT2D eigenvalue weighted by Crippen LogP contribution is 2.34. The molecular weight excluding hydrogens is 786 g/mol. The summed E-state index contributed by atoms with van der Waals surface area (Å²) in [7, 11) is 1.66. The predicted molar refractivity (Wildman–Crippen MR) is 189 cm³/mol. The van der Waals surface area contributed by atoms with Gasteiger partial charge >= 0.3 is 0 Å². The largest absolute Gasteiger partial charge is 0.496 e. The number of hydrogen-bond acceptors (Lipinski definition) is 7.